The molecular formula is C11H25N3O. The summed E-state index contributed by atoms with van der Waals surface area (Å²) in [5.41, 5.74) is 5.62. The smallest absolute Gasteiger partial charge is 0.0820 e. The van der Waals surface area contributed by atoms with Gasteiger partial charge in [0.2, 0.25) is 0 Å². The van der Waals surface area contributed by atoms with Gasteiger partial charge in [0.05, 0.1) is 6.10 Å². The molecule has 0 aliphatic carbocycles. The Morgan fingerprint density at radius 1 is 1.47 bits per heavy atom. The van der Waals surface area contributed by atoms with Crippen LogP contribution in [0.2, 0.25) is 0 Å². The number of hydrogen-bond acceptors (Lipinski definition) is 4. The summed E-state index contributed by atoms with van der Waals surface area (Å²) in [7, 11) is 6.10. The molecule has 2 N–H and O–H groups in total. The van der Waals surface area contributed by atoms with Crippen LogP contribution in [0.25, 0.3) is 0 Å². The van der Waals surface area contributed by atoms with Crippen molar-refractivity contribution >= 4 is 0 Å². The zero-order valence-electron chi connectivity index (χ0n) is 10.3. The summed E-state index contributed by atoms with van der Waals surface area (Å²) >= 11 is 0. The maximum absolute atomic E-state index is 5.62. The van der Waals surface area contributed by atoms with Crippen LogP contribution in [0.4, 0.5) is 0 Å². The van der Waals surface area contributed by atoms with Crippen molar-refractivity contribution in [1.29, 1.82) is 0 Å². The van der Waals surface area contributed by atoms with Gasteiger partial charge in [-0.2, -0.15) is 0 Å². The number of rotatable bonds is 5. The largest absolute Gasteiger partial charge is 0.379 e. The van der Waals surface area contributed by atoms with Gasteiger partial charge in [-0.05, 0) is 40.0 Å². The van der Waals surface area contributed by atoms with Crippen molar-refractivity contribution in [2.24, 2.45) is 5.73 Å². The SMILES string of the molecule is COC(CN)CN(C)C1CCN(C)CC1. The third kappa shape index (κ3) is 4.07. The molecule has 15 heavy (non-hydrogen) atoms. The Morgan fingerprint density at radius 2 is 2.07 bits per heavy atom. The summed E-state index contributed by atoms with van der Waals surface area (Å²) in [6.45, 7) is 3.96. The lowest BCUT2D eigenvalue weighted by Crippen LogP contribution is -2.46. The molecule has 0 amide bonds. The average molecular weight is 215 g/mol. The Hall–Kier alpha value is -0.160. The zero-order valence-corrected chi connectivity index (χ0v) is 10.3. The fraction of sp³-hybridized carbons (Fsp3) is 1.00. The van der Waals surface area contributed by atoms with Crippen LogP contribution in [0.15, 0.2) is 0 Å². The summed E-state index contributed by atoms with van der Waals surface area (Å²) in [5, 5.41) is 0. The minimum Gasteiger partial charge on any atom is -0.379 e. The molecule has 4 nitrogen and oxygen atoms in total. The third-order valence-corrected chi connectivity index (χ3v) is 3.40. The normalized spacial score (nSPS) is 22.2. The quantitative estimate of drug-likeness (QED) is 0.700. The molecule has 0 aromatic heterocycles. The highest BCUT2D eigenvalue weighted by atomic mass is 16.5. The maximum atomic E-state index is 5.62. The maximum Gasteiger partial charge on any atom is 0.0820 e. The Morgan fingerprint density at radius 3 is 2.53 bits per heavy atom. The van der Waals surface area contributed by atoms with Gasteiger partial charge in [0.1, 0.15) is 0 Å². The molecule has 1 rings (SSSR count). The van der Waals surface area contributed by atoms with E-state index in [0.29, 0.717) is 12.6 Å². The van der Waals surface area contributed by atoms with Gasteiger partial charge in [0, 0.05) is 26.2 Å². The van der Waals surface area contributed by atoms with E-state index in [1.165, 1.54) is 25.9 Å². The van der Waals surface area contributed by atoms with Gasteiger partial charge >= 0.3 is 0 Å². The van der Waals surface area contributed by atoms with Crippen molar-refractivity contribution in [3.8, 4) is 0 Å². The molecule has 0 radical (unpaired) electrons. The van der Waals surface area contributed by atoms with Crippen molar-refractivity contribution in [3.05, 3.63) is 0 Å². The Balaban J connectivity index is 2.30. The van der Waals surface area contributed by atoms with Gasteiger partial charge in [-0.15, -0.1) is 0 Å². The first-order valence-corrected chi connectivity index (χ1v) is 5.79. The van der Waals surface area contributed by atoms with Crippen molar-refractivity contribution < 1.29 is 4.74 Å². The second-order valence-corrected chi connectivity index (χ2v) is 4.57. The van der Waals surface area contributed by atoms with Gasteiger partial charge in [-0.3, -0.25) is 0 Å². The molecule has 1 aliphatic rings. The summed E-state index contributed by atoms with van der Waals surface area (Å²) < 4.78 is 5.30. The average Bonchev–Trinajstić information content (AvgIpc) is 2.26. The van der Waals surface area contributed by atoms with E-state index < -0.39 is 0 Å². The molecule has 0 bridgehead atoms. The fourth-order valence-electron chi connectivity index (χ4n) is 2.15. The number of methoxy groups -OCH3 is 1. The van der Waals surface area contributed by atoms with Crippen LogP contribution < -0.4 is 5.73 Å². The van der Waals surface area contributed by atoms with Gasteiger partial charge in [0.15, 0.2) is 0 Å². The van der Waals surface area contributed by atoms with E-state index in [-0.39, 0.29) is 6.10 Å². The molecule has 0 aromatic carbocycles. The number of nitrogens with zero attached hydrogens (tertiary/aromatic N) is 2. The number of ether oxygens (including phenoxy) is 1. The highest BCUT2D eigenvalue weighted by molar-refractivity contribution is 4.78. The number of likely N-dealkylation sites (tertiary alicyclic amines) is 1. The van der Waals surface area contributed by atoms with E-state index in [4.69, 9.17) is 10.5 Å². The first-order chi connectivity index (χ1) is 7.17. The summed E-state index contributed by atoms with van der Waals surface area (Å²) in [6, 6.07) is 0.699. The molecule has 0 spiro atoms. The van der Waals surface area contributed by atoms with Crippen molar-refractivity contribution in [1.82, 2.24) is 9.80 Å². The van der Waals surface area contributed by atoms with Crippen LogP contribution in [-0.4, -0.2) is 69.3 Å². The molecule has 1 fully saturated rings. The molecule has 1 heterocycles. The number of hydrogen-bond donors (Lipinski definition) is 1. The van der Waals surface area contributed by atoms with E-state index in [2.05, 4.69) is 23.9 Å². The molecule has 1 unspecified atom stereocenters. The topological polar surface area (TPSA) is 41.7 Å². The molecule has 1 atom stereocenters. The Bertz CT molecular complexity index is 165. The Labute approximate surface area is 93.4 Å². The van der Waals surface area contributed by atoms with Gasteiger partial charge in [0.25, 0.3) is 0 Å². The summed E-state index contributed by atoms with van der Waals surface area (Å²) in [5.74, 6) is 0. The van der Waals surface area contributed by atoms with Crippen LogP contribution in [0.3, 0.4) is 0 Å². The van der Waals surface area contributed by atoms with E-state index in [9.17, 15) is 0 Å². The van der Waals surface area contributed by atoms with Crippen LogP contribution in [0.5, 0.6) is 0 Å². The molecule has 90 valence electrons. The minimum atomic E-state index is 0.176. The van der Waals surface area contributed by atoms with Gasteiger partial charge in [-0.1, -0.05) is 0 Å². The van der Waals surface area contributed by atoms with E-state index in [1.54, 1.807) is 7.11 Å². The second-order valence-electron chi connectivity index (χ2n) is 4.57. The summed E-state index contributed by atoms with van der Waals surface area (Å²) in [4.78, 5) is 4.79. The fourth-order valence-corrected chi connectivity index (χ4v) is 2.15. The third-order valence-electron chi connectivity index (χ3n) is 3.40. The van der Waals surface area contributed by atoms with E-state index in [1.807, 2.05) is 0 Å². The molecule has 0 aromatic rings. The second kappa shape index (κ2) is 6.43. The van der Waals surface area contributed by atoms with Crippen molar-refractivity contribution in [2.75, 3.05) is 47.4 Å². The lowest BCUT2D eigenvalue weighted by molar-refractivity contribution is 0.0512. The molecule has 1 aliphatic heterocycles. The lowest BCUT2D eigenvalue weighted by atomic mass is 10.0. The van der Waals surface area contributed by atoms with E-state index in [0.717, 1.165) is 6.54 Å². The van der Waals surface area contributed by atoms with Crippen LogP contribution >= 0.6 is 0 Å². The van der Waals surface area contributed by atoms with Crippen molar-refractivity contribution in [3.63, 3.8) is 0 Å². The first kappa shape index (κ1) is 12.9. The summed E-state index contributed by atoms with van der Waals surface area (Å²) in [6.07, 6.45) is 2.69. The highest BCUT2D eigenvalue weighted by Gasteiger charge is 2.22. The number of nitrogens with two attached hydrogens (primary N) is 1. The predicted molar refractivity (Wildman–Crippen MR) is 63.0 cm³/mol. The van der Waals surface area contributed by atoms with Gasteiger partial charge in [-0.25, -0.2) is 0 Å². The standard InChI is InChI=1S/C11H25N3O/c1-13-6-4-10(5-7-13)14(2)9-11(8-12)15-3/h10-11H,4-9,12H2,1-3H3. The molecule has 4 heteroatoms. The van der Waals surface area contributed by atoms with Crippen molar-refractivity contribution in [2.45, 2.75) is 25.0 Å². The minimum absolute atomic E-state index is 0.176. The van der Waals surface area contributed by atoms with Crippen LogP contribution in [0.1, 0.15) is 12.8 Å². The van der Waals surface area contributed by atoms with E-state index >= 15 is 0 Å². The molecular weight excluding hydrogens is 190 g/mol. The monoisotopic (exact) mass is 215 g/mol. The van der Waals surface area contributed by atoms with Gasteiger partial charge < -0.3 is 20.3 Å². The molecule has 1 saturated heterocycles. The zero-order chi connectivity index (χ0) is 11.3. The lowest BCUT2D eigenvalue weighted by Gasteiger charge is -2.36. The van der Waals surface area contributed by atoms with Crippen LogP contribution in [-0.2, 0) is 4.74 Å². The first-order valence-electron chi connectivity index (χ1n) is 5.79. The number of likely N-dealkylation sites (N-methyl/N-ethyl adjacent to an activating group) is 1. The molecule has 0 saturated carbocycles. The predicted octanol–water partition coefficient (Wildman–Crippen LogP) is -0.0139. The highest BCUT2D eigenvalue weighted by Crippen LogP contribution is 2.14. The van der Waals surface area contributed by atoms with Crippen LogP contribution in [0, 0.1) is 0 Å². The number of piperidine rings is 1. The Kier molecular flexibility index (Phi) is 5.53.